The number of ether oxygens (including phenoxy) is 1. The minimum Gasteiger partial charge on any atom is -0.466 e. The number of carbonyl (C=O) groups excluding carboxylic acids is 2. The molecule has 0 saturated carbocycles. The quantitative estimate of drug-likeness (QED) is 0.391. The van der Waals surface area contributed by atoms with Gasteiger partial charge >= 0.3 is 12.0 Å². The summed E-state index contributed by atoms with van der Waals surface area (Å²) in [7, 11) is 1.90. The van der Waals surface area contributed by atoms with E-state index in [0.29, 0.717) is 56.7 Å². The number of piperidine rings is 1. The Hall–Kier alpha value is -3.31. The van der Waals surface area contributed by atoms with E-state index in [1.54, 1.807) is 0 Å². The second kappa shape index (κ2) is 11.2. The normalized spacial score (nSPS) is 15.1. The highest BCUT2D eigenvalue weighted by molar-refractivity contribution is 7.22. The molecule has 2 aromatic heterocycles. The van der Waals surface area contributed by atoms with E-state index in [1.807, 2.05) is 46.3 Å². The molecule has 1 aliphatic rings. The zero-order chi connectivity index (χ0) is 25.7. The largest absolute Gasteiger partial charge is 0.466 e. The predicted octanol–water partition coefficient (Wildman–Crippen LogP) is 3.78. The molecule has 0 atom stereocenters. The number of hydrogen-bond donors (Lipinski definition) is 3. The summed E-state index contributed by atoms with van der Waals surface area (Å²) >= 11 is 1.45. The zero-order valence-electron chi connectivity index (χ0n) is 21.2. The molecule has 4 rings (SSSR count). The molecule has 0 aliphatic carbocycles. The average Bonchev–Trinajstić information content (AvgIpc) is 3.27. The Balaban J connectivity index is 1.53. The highest BCUT2D eigenvalue weighted by atomic mass is 32.1. The molecule has 0 spiro atoms. The molecule has 1 saturated heterocycles. The molecule has 2 amide bonds. The number of carbonyl (C=O) groups is 2. The number of esters is 1. The summed E-state index contributed by atoms with van der Waals surface area (Å²) in [5.74, 6) is 0.531. The van der Waals surface area contributed by atoms with E-state index in [2.05, 4.69) is 41.9 Å². The third-order valence-corrected chi connectivity index (χ3v) is 7.44. The van der Waals surface area contributed by atoms with Crippen molar-refractivity contribution in [1.82, 2.24) is 25.6 Å². The maximum atomic E-state index is 12.3. The Kier molecular flexibility index (Phi) is 8.00. The van der Waals surface area contributed by atoms with E-state index in [9.17, 15) is 9.59 Å². The first kappa shape index (κ1) is 25.8. The molecule has 3 aromatic rings. The van der Waals surface area contributed by atoms with Gasteiger partial charge in [0.15, 0.2) is 5.13 Å². The van der Waals surface area contributed by atoms with E-state index in [0.717, 1.165) is 26.9 Å². The van der Waals surface area contributed by atoms with Crippen molar-refractivity contribution < 1.29 is 14.3 Å². The SMILES string of the molecule is CCNC(=O)Nc1nc2cc(-c3cnc(N4CCC(C)(C(=O)OCC)CC4)nc3)cc(CNC)c2s1. The van der Waals surface area contributed by atoms with Crippen LogP contribution in [0.5, 0.6) is 0 Å². The van der Waals surface area contributed by atoms with Crippen LogP contribution in [0.3, 0.4) is 0 Å². The van der Waals surface area contributed by atoms with Gasteiger partial charge in [0.05, 0.1) is 22.2 Å². The first-order valence-corrected chi connectivity index (χ1v) is 13.1. The van der Waals surface area contributed by atoms with Gasteiger partial charge in [0.25, 0.3) is 0 Å². The van der Waals surface area contributed by atoms with Gasteiger partial charge in [0.1, 0.15) is 0 Å². The summed E-state index contributed by atoms with van der Waals surface area (Å²) in [6.45, 7) is 8.69. The van der Waals surface area contributed by atoms with Gasteiger partial charge in [-0.05, 0) is 63.9 Å². The molecule has 3 N–H and O–H groups in total. The van der Waals surface area contributed by atoms with Gasteiger partial charge in [0.2, 0.25) is 5.95 Å². The van der Waals surface area contributed by atoms with Gasteiger partial charge in [-0.1, -0.05) is 11.3 Å². The number of anilines is 2. The molecule has 3 heterocycles. The van der Waals surface area contributed by atoms with Crippen LogP contribution < -0.4 is 20.9 Å². The Morgan fingerprint density at radius 3 is 2.50 bits per heavy atom. The molecule has 1 aliphatic heterocycles. The Labute approximate surface area is 214 Å². The molecule has 0 unspecified atom stereocenters. The lowest BCUT2D eigenvalue weighted by molar-refractivity contribution is -0.155. The van der Waals surface area contributed by atoms with Crippen LogP contribution in [0.1, 0.15) is 39.2 Å². The lowest BCUT2D eigenvalue weighted by Crippen LogP contribution is -2.44. The van der Waals surface area contributed by atoms with Gasteiger partial charge in [-0.15, -0.1) is 0 Å². The number of aromatic nitrogens is 3. The van der Waals surface area contributed by atoms with Crippen LogP contribution in [0.2, 0.25) is 0 Å². The maximum absolute atomic E-state index is 12.3. The number of nitrogens with one attached hydrogen (secondary N) is 3. The monoisotopic (exact) mass is 511 g/mol. The van der Waals surface area contributed by atoms with Crippen molar-refractivity contribution in [2.45, 2.75) is 40.2 Å². The van der Waals surface area contributed by atoms with E-state index < -0.39 is 5.41 Å². The highest BCUT2D eigenvalue weighted by Crippen LogP contribution is 2.35. The van der Waals surface area contributed by atoms with Crippen LogP contribution in [-0.2, 0) is 16.1 Å². The van der Waals surface area contributed by atoms with Crippen molar-refractivity contribution in [3.63, 3.8) is 0 Å². The fourth-order valence-corrected chi connectivity index (χ4v) is 5.24. The fraction of sp³-hybridized carbons (Fsp3) is 0.480. The van der Waals surface area contributed by atoms with Crippen LogP contribution in [-0.4, -0.2) is 60.2 Å². The third-order valence-electron chi connectivity index (χ3n) is 6.38. The first-order valence-electron chi connectivity index (χ1n) is 12.2. The smallest absolute Gasteiger partial charge is 0.321 e. The molecule has 0 bridgehead atoms. The molecule has 0 radical (unpaired) electrons. The van der Waals surface area contributed by atoms with E-state index in [-0.39, 0.29) is 12.0 Å². The fourth-order valence-electron chi connectivity index (χ4n) is 4.29. The van der Waals surface area contributed by atoms with Gasteiger partial charge in [-0.25, -0.2) is 19.7 Å². The minimum absolute atomic E-state index is 0.125. The van der Waals surface area contributed by atoms with E-state index in [1.165, 1.54) is 11.3 Å². The predicted molar refractivity (Wildman–Crippen MR) is 142 cm³/mol. The minimum atomic E-state index is -0.454. The van der Waals surface area contributed by atoms with Crippen molar-refractivity contribution >= 4 is 44.6 Å². The molecule has 10 nitrogen and oxygen atoms in total. The number of rotatable bonds is 8. The molecule has 192 valence electrons. The number of thiazole rings is 1. The summed E-state index contributed by atoms with van der Waals surface area (Å²) in [5, 5.41) is 9.29. The molecule has 36 heavy (non-hydrogen) atoms. The Bertz CT molecular complexity index is 1220. The van der Waals surface area contributed by atoms with Crippen LogP contribution in [0.25, 0.3) is 21.3 Å². The first-order chi connectivity index (χ1) is 17.4. The van der Waals surface area contributed by atoms with Crippen molar-refractivity contribution in [2.75, 3.05) is 43.5 Å². The van der Waals surface area contributed by atoms with E-state index >= 15 is 0 Å². The molecular weight excluding hydrogens is 478 g/mol. The third kappa shape index (κ3) is 5.57. The van der Waals surface area contributed by atoms with Crippen LogP contribution >= 0.6 is 11.3 Å². The summed E-state index contributed by atoms with van der Waals surface area (Å²) in [6.07, 6.45) is 5.06. The van der Waals surface area contributed by atoms with Gasteiger partial charge < -0.3 is 20.3 Å². The standard InChI is InChI=1S/C25H33N7O3S/c1-5-27-23(34)31-24-30-19-12-16(11-17(13-26-4)20(19)36-24)18-14-28-22(29-15-18)32-9-7-25(3,8-10-32)21(33)35-6-2/h11-12,14-15,26H,5-10,13H2,1-4H3,(H2,27,30,31,34). The topological polar surface area (TPSA) is 121 Å². The van der Waals surface area contributed by atoms with Gasteiger partial charge in [-0.3, -0.25) is 10.1 Å². The second-order valence-electron chi connectivity index (χ2n) is 9.06. The summed E-state index contributed by atoms with van der Waals surface area (Å²) in [6, 6.07) is 3.84. The number of benzene rings is 1. The Morgan fingerprint density at radius 1 is 1.14 bits per heavy atom. The summed E-state index contributed by atoms with van der Waals surface area (Å²) < 4.78 is 6.28. The van der Waals surface area contributed by atoms with Crippen molar-refractivity contribution in [3.8, 4) is 11.1 Å². The zero-order valence-corrected chi connectivity index (χ0v) is 22.0. The maximum Gasteiger partial charge on any atom is 0.321 e. The number of nitrogens with zero attached hydrogens (tertiary/aromatic N) is 4. The molecule has 1 fully saturated rings. The average molecular weight is 512 g/mol. The number of amides is 2. The van der Waals surface area contributed by atoms with Crippen molar-refractivity contribution in [2.24, 2.45) is 5.41 Å². The second-order valence-corrected chi connectivity index (χ2v) is 10.1. The Morgan fingerprint density at radius 2 is 1.86 bits per heavy atom. The lowest BCUT2D eigenvalue weighted by atomic mass is 9.80. The summed E-state index contributed by atoms with van der Waals surface area (Å²) in [5.41, 5.74) is 3.29. The number of hydrogen-bond acceptors (Lipinski definition) is 9. The van der Waals surface area contributed by atoms with Crippen molar-refractivity contribution in [1.29, 1.82) is 0 Å². The van der Waals surface area contributed by atoms with Crippen LogP contribution in [0.4, 0.5) is 15.9 Å². The van der Waals surface area contributed by atoms with E-state index in [4.69, 9.17) is 4.74 Å². The van der Waals surface area contributed by atoms with Crippen molar-refractivity contribution in [3.05, 3.63) is 30.1 Å². The lowest BCUT2D eigenvalue weighted by Gasteiger charge is -2.37. The summed E-state index contributed by atoms with van der Waals surface area (Å²) in [4.78, 5) is 40.2. The molecular formula is C25H33N7O3S. The van der Waals surface area contributed by atoms with Crippen LogP contribution in [0.15, 0.2) is 24.5 Å². The molecule has 1 aromatic carbocycles. The van der Waals surface area contributed by atoms with Gasteiger partial charge in [0, 0.05) is 44.1 Å². The van der Waals surface area contributed by atoms with Gasteiger partial charge in [-0.2, -0.15) is 0 Å². The molecule has 11 heteroatoms. The number of fused-ring (bicyclic) bond motifs is 1. The highest BCUT2D eigenvalue weighted by Gasteiger charge is 2.38. The van der Waals surface area contributed by atoms with Crippen LogP contribution in [0, 0.1) is 5.41 Å². The number of urea groups is 1.